The number of thiophene rings is 1. The summed E-state index contributed by atoms with van der Waals surface area (Å²) in [4.78, 5) is 29.9. The topological polar surface area (TPSA) is 115 Å². The molecule has 2 amide bonds. The molecule has 3 atom stereocenters. The first-order chi connectivity index (χ1) is 14.4. The molecule has 0 aliphatic carbocycles. The van der Waals surface area contributed by atoms with Crippen LogP contribution in [0.15, 0.2) is 46.3 Å². The molecule has 158 valence electrons. The first-order valence-corrected chi connectivity index (χ1v) is 11.0. The minimum atomic E-state index is -0.997. The van der Waals surface area contributed by atoms with Gasteiger partial charge < -0.3 is 30.2 Å². The SMILES string of the molecule is O=C(N[C@@H](Cc1ccccc1)C(=O)N1C[C@@H](O)[C@@H](O)C1)Oc1cc2scc(Br)c2[nH]1. The lowest BCUT2D eigenvalue weighted by atomic mass is 10.1. The molecule has 0 radical (unpaired) electrons. The number of aromatic nitrogens is 1. The highest BCUT2D eigenvalue weighted by atomic mass is 79.9. The highest BCUT2D eigenvalue weighted by Crippen LogP contribution is 2.32. The normalized spacial score (nSPS) is 19.8. The molecule has 4 rings (SSSR count). The van der Waals surface area contributed by atoms with Gasteiger partial charge in [-0.1, -0.05) is 30.3 Å². The number of carbonyl (C=O) groups is 2. The van der Waals surface area contributed by atoms with E-state index >= 15 is 0 Å². The summed E-state index contributed by atoms with van der Waals surface area (Å²) in [6.07, 6.45) is -2.51. The van der Waals surface area contributed by atoms with Crippen LogP contribution in [0.4, 0.5) is 4.79 Å². The summed E-state index contributed by atoms with van der Waals surface area (Å²) in [5.41, 5.74) is 1.69. The molecular weight excluding hydrogens is 474 g/mol. The second-order valence-electron chi connectivity index (χ2n) is 7.11. The van der Waals surface area contributed by atoms with Crippen molar-refractivity contribution in [3.8, 4) is 5.88 Å². The van der Waals surface area contributed by atoms with Gasteiger partial charge in [0.05, 0.1) is 26.9 Å². The van der Waals surface area contributed by atoms with Gasteiger partial charge in [0.1, 0.15) is 6.04 Å². The van der Waals surface area contributed by atoms with E-state index in [2.05, 4.69) is 26.2 Å². The van der Waals surface area contributed by atoms with E-state index in [1.165, 1.54) is 16.2 Å². The number of hydrogen-bond acceptors (Lipinski definition) is 6. The number of H-pyrrole nitrogens is 1. The Morgan fingerprint density at radius 1 is 1.27 bits per heavy atom. The fraction of sp³-hybridized carbons (Fsp3) is 0.300. The molecule has 1 saturated heterocycles. The molecule has 1 aromatic carbocycles. The molecule has 0 unspecified atom stereocenters. The van der Waals surface area contributed by atoms with Gasteiger partial charge in [0.2, 0.25) is 11.8 Å². The lowest BCUT2D eigenvalue weighted by Crippen LogP contribution is -2.50. The molecule has 3 heterocycles. The third kappa shape index (κ3) is 4.51. The van der Waals surface area contributed by atoms with Gasteiger partial charge in [-0.2, -0.15) is 0 Å². The zero-order valence-corrected chi connectivity index (χ0v) is 18.1. The fourth-order valence-electron chi connectivity index (χ4n) is 3.40. The van der Waals surface area contributed by atoms with Gasteiger partial charge in [-0.15, -0.1) is 11.3 Å². The van der Waals surface area contributed by atoms with Crippen LogP contribution in [0, 0.1) is 0 Å². The molecule has 0 saturated carbocycles. The van der Waals surface area contributed by atoms with E-state index in [1.807, 2.05) is 35.7 Å². The summed E-state index contributed by atoms with van der Waals surface area (Å²) in [5.74, 6) is -0.116. The fourth-order valence-corrected chi connectivity index (χ4v) is 4.93. The van der Waals surface area contributed by atoms with Gasteiger partial charge in [-0.3, -0.25) is 4.79 Å². The zero-order chi connectivity index (χ0) is 21.3. The summed E-state index contributed by atoms with van der Waals surface area (Å²) in [6.45, 7) is 0.0336. The Balaban J connectivity index is 1.48. The molecule has 1 aliphatic rings. The number of amides is 2. The van der Waals surface area contributed by atoms with E-state index in [0.29, 0.717) is 0 Å². The maximum Gasteiger partial charge on any atom is 0.414 e. The number of benzene rings is 1. The summed E-state index contributed by atoms with van der Waals surface area (Å²) in [6, 6.07) is 10.1. The summed E-state index contributed by atoms with van der Waals surface area (Å²) in [7, 11) is 0. The molecule has 1 aliphatic heterocycles. The minimum absolute atomic E-state index is 0.0168. The van der Waals surface area contributed by atoms with E-state index in [4.69, 9.17) is 4.74 Å². The highest BCUT2D eigenvalue weighted by molar-refractivity contribution is 9.10. The second kappa shape index (κ2) is 8.76. The number of likely N-dealkylation sites (tertiary alicyclic amines) is 1. The minimum Gasteiger partial charge on any atom is -0.393 e. The lowest BCUT2D eigenvalue weighted by molar-refractivity contribution is -0.132. The van der Waals surface area contributed by atoms with Crippen molar-refractivity contribution in [2.45, 2.75) is 24.7 Å². The molecule has 3 aromatic rings. The zero-order valence-electron chi connectivity index (χ0n) is 15.7. The first-order valence-electron chi connectivity index (χ1n) is 9.33. The molecule has 1 fully saturated rings. The first kappa shape index (κ1) is 20.9. The van der Waals surface area contributed by atoms with Crippen molar-refractivity contribution in [3.05, 3.63) is 51.8 Å². The van der Waals surface area contributed by atoms with Crippen molar-refractivity contribution < 1.29 is 24.5 Å². The Bertz CT molecular complexity index is 1040. The van der Waals surface area contributed by atoms with Gasteiger partial charge in [0.15, 0.2) is 0 Å². The maximum atomic E-state index is 13.0. The van der Waals surface area contributed by atoms with Crippen LogP contribution in [0.3, 0.4) is 0 Å². The summed E-state index contributed by atoms with van der Waals surface area (Å²) >= 11 is 4.92. The van der Waals surface area contributed by atoms with Gasteiger partial charge in [0.25, 0.3) is 0 Å². The van der Waals surface area contributed by atoms with Crippen LogP contribution in [0.1, 0.15) is 5.56 Å². The van der Waals surface area contributed by atoms with Gasteiger partial charge in [0, 0.05) is 31.0 Å². The quantitative estimate of drug-likeness (QED) is 0.435. The van der Waals surface area contributed by atoms with E-state index in [9.17, 15) is 19.8 Å². The van der Waals surface area contributed by atoms with Gasteiger partial charge in [-0.05, 0) is 21.5 Å². The number of ether oxygens (including phenoxy) is 1. The van der Waals surface area contributed by atoms with Crippen molar-refractivity contribution in [2.75, 3.05) is 13.1 Å². The van der Waals surface area contributed by atoms with Crippen molar-refractivity contribution in [3.63, 3.8) is 0 Å². The Morgan fingerprint density at radius 2 is 1.97 bits per heavy atom. The standard InChI is InChI=1S/C20H20BrN3O5S/c21-12-10-30-16-7-17(23-18(12)16)29-20(28)22-13(6-11-4-2-1-3-5-11)19(27)24-8-14(25)15(26)9-24/h1-5,7,10,13-15,23,25-26H,6,8-9H2,(H,22,28)/t13-,14-,15+/m0/s1. The molecule has 10 heteroatoms. The monoisotopic (exact) mass is 493 g/mol. The Kier molecular flexibility index (Phi) is 6.09. The summed E-state index contributed by atoms with van der Waals surface area (Å²) in [5, 5.41) is 24.1. The number of rotatable bonds is 5. The number of β-amino-alcohol motifs (C(OH)–C–C–N with tert-alkyl or cyclic N) is 2. The van der Waals surface area contributed by atoms with Crippen LogP contribution in [0.2, 0.25) is 0 Å². The van der Waals surface area contributed by atoms with Crippen molar-refractivity contribution in [2.24, 2.45) is 0 Å². The number of fused-ring (bicyclic) bond motifs is 1. The predicted molar refractivity (Wildman–Crippen MR) is 116 cm³/mol. The van der Waals surface area contributed by atoms with Crippen LogP contribution in [0.5, 0.6) is 5.88 Å². The van der Waals surface area contributed by atoms with Crippen LogP contribution in [-0.4, -0.2) is 63.4 Å². The number of nitrogens with one attached hydrogen (secondary N) is 2. The second-order valence-corrected chi connectivity index (χ2v) is 8.88. The van der Waals surface area contributed by atoms with Crippen LogP contribution >= 0.6 is 27.3 Å². The van der Waals surface area contributed by atoms with Crippen LogP contribution in [-0.2, 0) is 11.2 Å². The Morgan fingerprint density at radius 3 is 2.63 bits per heavy atom. The Labute approximate surface area is 184 Å². The number of aromatic amines is 1. The molecule has 4 N–H and O–H groups in total. The number of aliphatic hydroxyl groups excluding tert-OH is 2. The van der Waals surface area contributed by atoms with E-state index < -0.39 is 24.3 Å². The van der Waals surface area contributed by atoms with Crippen LogP contribution in [0.25, 0.3) is 10.2 Å². The van der Waals surface area contributed by atoms with Crippen molar-refractivity contribution in [1.82, 2.24) is 15.2 Å². The van der Waals surface area contributed by atoms with Crippen LogP contribution < -0.4 is 10.1 Å². The molecule has 8 nitrogen and oxygen atoms in total. The average molecular weight is 494 g/mol. The highest BCUT2D eigenvalue weighted by Gasteiger charge is 2.36. The molecule has 0 spiro atoms. The third-order valence-corrected chi connectivity index (χ3v) is 6.79. The molecule has 0 bridgehead atoms. The third-order valence-electron chi connectivity index (χ3n) is 4.93. The molecule has 2 aromatic heterocycles. The Hall–Kier alpha value is -2.40. The smallest absolute Gasteiger partial charge is 0.393 e. The van der Waals surface area contributed by atoms with Crippen molar-refractivity contribution >= 4 is 49.5 Å². The predicted octanol–water partition coefficient (Wildman–Crippen LogP) is 2.26. The average Bonchev–Trinajstić information content (AvgIpc) is 3.38. The largest absolute Gasteiger partial charge is 0.414 e. The van der Waals surface area contributed by atoms with E-state index in [-0.39, 0.29) is 31.3 Å². The molecular formula is C20H20BrN3O5S. The van der Waals surface area contributed by atoms with Gasteiger partial charge in [-0.25, -0.2) is 4.79 Å². The number of halogens is 1. The number of nitrogens with zero attached hydrogens (tertiary/aromatic N) is 1. The summed E-state index contributed by atoms with van der Waals surface area (Å²) < 4.78 is 7.15. The number of carbonyl (C=O) groups excluding carboxylic acids is 2. The van der Waals surface area contributed by atoms with Crippen molar-refractivity contribution in [1.29, 1.82) is 0 Å². The maximum absolute atomic E-state index is 13.0. The van der Waals surface area contributed by atoms with Gasteiger partial charge >= 0.3 is 6.09 Å². The van der Waals surface area contributed by atoms with E-state index in [0.717, 1.165) is 20.3 Å². The number of aliphatic hydroxyl groups is 2. The number of hydrogen-bond donors (Lipinski definition) is 4. The lowest BCUT2D eigenvalue weighted by Gasteiger charge is -2.24. The molecule has 30 heavy (non-hydrogen) atoms. The van der Waals surface area contributed by atoms with E-state index in [1.54, 1.807) is 6.07 Å².